The lowest BCUT2D eigenvalue weighted by Gasteiger charge is -2.38. The average Bonchev–Trinajstić information content (AvgIpc) is 2.83. The van der Waals surface area contributed by atoms with Gasteiger partial charge in [-0.25, -0.2) is 0 Å². The summed E-state index contributed by atoms with van der Waals surface area (Å²) >= 11 is 0. The molecule has 3 aromatic carbocycles. The third kappa shape index (κ3) is 6.05. The molecule has 0 fully saturated rings. The van der Waals surface area contributed by atoms with Crippen molar-refractivity contribution < 1.29 is 18.1 Å². The van der Waals surface area contributed by atoms with Crippen LogP contribution >= 0.6 is 0 Å². The Labute approximate surface area is 210 Å². The van der Waals surface area contributed by atoms with Gasteiger partial charge in [0.25, 0.3) is 10.1 Å². The lowest BCUT2D eigenvalue weighted by Crippen LogP contribution is -2.30. The van der Waals surface area contributed by atoms with Crippen LogP contribution in [0, 0.1) is 0 Å². The van der Waals surface area contributed by atoms with Crippen LogP contribution in [0.1, 0.15) is 88.8 Å². The van der Waals surface area contributed by atoms with Crippen molar-refractivity contribution in [2.24, 2.45) is 0 Å². The van der Waals surface area contributed by atoms with E-state index in [0.717, 1.165) is 63.4 Å². The zero-order valence-electron chi connectivity index (χ0n) is 21.4. The van der Waals surface area contributed by atoms with E-state index in [2.05, 4.69) is 39.0 Å². The number of hydrogen-bond acceptors (Lipinski definition) is 4. The van der Waals surface area contributed by atoms with Gasteiger partial charge in [0.2, 0.25) is 0 Å². The average molecular weight is 500 g/mol. The molecule has 3 aromatic rings. The molecule has 0 aliphatic heterocycles. The molecule has 0 unspecified atom stereocenters. The van der Waals surface area contributed by atoms with E-state index in [1.54, 1.807) is 24.3 Å². The van der Waals surface area contributed by atoms with Crippen molar-refractivity contribution in [2.75, 3.05) is 0 Å². The first-order valence-electron chi connectivity index (χ1n) is 12.6. The van der Waals surface area contributed by atoms with Crippen molar-refractivity contribution in [3.8, 4) is 5.75 Å². The Balaban J connectivity index is 0.00000432. The van der Waals surface area contributed by atoms with E-state index < -0.39 is 15.5 Å². The van der Waals surface area contributed by atoms with E-state index in [-0.39, 0.29) is 16.8 Å². The summed E-state index contributed by atoms with van der Waals surface area (Å²) in [6, 6.07) is 16.8. The molecule has 3 rings (SSSR count). The number of aryl methyl sites for hydroxylation is 1. The standard InChI is InChI=1S/C29H38O4S.H3N/c1-4-7-14-22-15-10-13-18-25(22)29(19-8-5-2,20-9-6-3)26-21-27(34(31,32)33)23-16-11-12-17-24(23)28(26)30;/h10-13,15-18,21,30H,4-9,14,19-20H2,1-3H3,(H,31,32,33);1H3. The van der Waals surface area contributed by atoms with Crippen LogP contribution in [-0.4, -0.2) is 18.1 Å². The molecule has 0 heterocycles. The fourth-order valence-electron chi connectivity index (χ4n) is 5.24. The highest BCUT2D eigenvalue weighted by molar-refractivity contribution is 7.86. The Morgan fingerprint density at radius 2 is 1.31 bits per heavy atom. The summed E-state index contributed by atoms with van der Waals surface area (Å²) < 4.78 is 35.1. The molecule has 0 aliphatic rings. The molecular weight excluding hydrogens is 458 g/mol. The summed E-state index contributed by atoms with van der Waals surface area (Å²) in [7, 11) is -4.49. The first kappa shape index (κ1) is 28.8. The highest BCUT2D eigenvalue weighted by Gasteiger charge is 2.38. The van der Waals surface area contributed by atoms with E-state index in [4.69, 9.17) is 0 Å². The highest BCUT2D eigenvalue weighted by Crippen LogP contribution is 2.49. The Morgan fingerprint density at radius 1 is 0.771 bits per heavy atom. The lowest BCUT2D eigenvalue weighted by molar-refractivity contribution is 0.379. The van der Waals surface area contributed by atoms with E-state index >= 15 is 0 Å². The van der Waals surface area contributed by atoms with Crippen molar-refractivity contribution in [3.63, 3.8) is 0 Å². The highest BCUT2D eigenvalue weighted by atomic mass is 32.2. The molecule has 6 heteroatoms. The predicted molar refractivity (Wildman–Crippen MR) is 145 cm³/mol. The molecule has 0 radical (unpaired) electrons. The molecule has 0 atom stereocenters. The molecule has 0 aromatic heterocycles. The molecular formula is C29H41NO4S. The minimum absolute atomic E-state index is 0. The van der Waals surface area contributed by atoms with Crippen LogP contribution < -0.4 is 6.15 Å². The molecule has 35 heavy (non-hydrogen) atoms. The first-order chi connectivity index (χ1) is 16.3. The number of aromatic hydroxyl groups is 1. The van der Waals surface area contributed by atoms with Gasteiger partial charge in [-0.15, -0.1) is 0 Å². The normalized spacial score (nSPS) is 12.0. The molecule has 0 bridgehead atoms. The zero-order chi connectivity index (χ0) is 24.8. The lowest BCUT2D eigenvalue weighted by atomic mass is 9.65. The minimum Gasteiger partial charge on any atom is -0.507 e. The number of benzene rings is 3. The minimum atomic E-state index is -4.49. The van der Waals surface area contributed by atoms with Crippen LogP contribution in [0.3, 0.4) is 0 Å². The number of fused-ring (bicyclic) bond motifs is 1. The van der Waals surface area contributed by atoms with E-state index in [1.165, 1.54) is 11.6 Å². The molecule has 5 N–H and O–H groups in total. The first-order valence-corrected chi connectivity index (χ1v) is 14.0. The molecule has 192 valence electrons. The van der Waals surface area contributed by atoms with Crippen molar-refractivity contribution in [3.05, 3.63) is 71.3 Å². The van der Waals surface area contributed by atoms with Gasteiger partial charge >= 0.3 is 0 Å². The van der Waals surface area contributed by atoms with E-state index in [0.29, 0.717) is 16.3 Å². The second kappa shape index (κ2) is 12.5. The van der Waals surface area contributed by atoms with Crippen LogP contribution in [0.4, 0.5) is 0 Å². The molecule has 0 spiro atoms. The molecule has 0 saturated heterocycles. The molecule has 0 aliphatic carbocycles. The van der Waals surface area contributed by atoms with Gasteiger partial charge in [-0.1, -0.05) is 101 Å². The summed E-state index contributed by atoms with van der Waals surface area (Å²) in [4.78, 5) is -0.140. The summed E-state index contributed by atoms with van der Waals surface area (Å²) in [6.07, 6.45) is 8.54. The Bertz CT molecular complexity index is 1210. The molecule has 5 nitrogen and oxygen atoms in total. The fraction of sp³-hybridized carbons (Fsp3) is 0.448. The number of unbranched alkanes of at least 4 members (excludes halogenated alkanes) is 3. The van der Waals surface area contributed by atoms with Gasteiger partial charge in [0.15, 0.2) is 0 Å². The van der Waals surface area contributed by atoms with Gasteiger partial charge in [0, 0.05) is 21.8 Å². The second-order valence-corrected chi connectivity index (χ2v) is 10.7. The van der Waals surface area contributed by atoms with Crippen LogP contribution in [0.5, 0.6) is 5.75 Å². The van der Waals surface area contributed by atoms with Crippen molar-refractivity contribution in [1.82, 2.24) is 6.15 Å². The van der Waals surface area contributed by atoms with Crippen molar-refractivity contribution in [1.29, 1.82) is 0 Å². The van der Waals surface area contributed by atoms with Crippen LogP contribution in [-0.2, 0) is 22.0 Å². The molecule has 0 saturated carbocycles. The van der Waals surface area contributed by atoms with Gasteiger partial charge < -0.3 is 11.3 Å². The maximum atomic E-state index is 12.5. The van der Waals surface area contributed by atoms with Gasteiger partial charge in [-0.2, -0.15) is 8.42 Å². The van der Waals surface area contributed by atoms with Gasteiger partial charge in [0.1, 0.15) is 10.6 Å². The van der Waals surface area contributed by atoms with Crippen molar-refractivity contribution in [2.45, 2.75) is 88.9 Å². The largest absolute Gasteiger partial charge is 0.507 e. The summed E-state index contributed by atoms with van der Waals surface area (Å²) in [5, 5.41) is 12.4. The third-order valence-corrected chi connectivity index (χ3v) is 7.91. The monoisotopic (exact) mass is 499 g/mol. The number of hydrogen-bond donors (Lipinski definition) is 3. The fourth-order valence-corrected chi connectivity index (χ4v) is 5.97. The SMILES string of the molecule is CCCCc1ccccc1C(CCCC)(CCCC)c1cc(S(=O)(=O)O)c2ccccc2c1O.N. The summed E-state index contributed by atoms with van der Waals surface area (Å²) in [5.74, 6) is 0.112. The number of phenolic OH excluding ortho intramolecular Hbond substituents is 1. The zero-order valence-corrected chi connectivity index (χ0v) is 22.2. The van der Waals surface area contributed by atoms with Crippen LogP contribution in [0.2, 0.25) is 0 Å². The summed E-state index contributed by atoms with van der Waals surface area (Å²) in [6.45, 7) is 6.48. The Kier molecular flexibility index (Phi) is 10.3. The molecule has 0 amide bonds. The Hall–Kier alpha value is -2.41. The maximum Gasteiger partial charge on any atom is 0.295 e. The van der Waals surface area contributed by atoms with Gasteiger partial charge in [-0.05, 0) is 42.9 Å². The van der Waals surface area contributed by atoms with E-state index in [9.17, 15) is 18.1 Å². The maximum absolute atomic E-state index is 12.5. The quantitative estimate of drug-likeness (QED) is 0.219. The Morgan fingerprint density at radius 3 is 1.89 bits per heavy atom. The van der Waals surface area contributed by atoms with E-state index in [1.807, 2.05) is 6.07 Å². The number of rotatable bonds is 12. The summed E-state index contributed by atoms with van der Waals surface area (Å²) in [5.41, 5.74) is 2.46. The number of phenols is 1. The smallest absolute Gasteiger partial charge is 0.295 e. The van der Waals surface area contributed by atoms with Crippen LogP contribution in [0.25, 0.3) is 10.8 Å². The topological polar surface area (TPSA) is 110 Å². The predicted octanol–water partition coefficient (Wildman–Crippen LogP) is 7.96. The second-order valence-electron chi connectivity index (χ2n) is 9.34. The van der Waals surface area contributed by atoms with Gasteiger partial charge in [0.05, 0.1) is 0 Å². The van der Waals surface area contributed by atoms with Gasteiger partial charge in [-0.3, -0.25) is 4.55 Å². The van der Waals surface area contributed by atoms with Crippen LogP contribution in [0.15, 0.2) is 59.5 Å². The third-order valence-electron chi connectivity index (χ3n) is 7.02. The van der Waals surface area contributed by atoms with Crippen molar-refractivity contribution >= 4 is 20.9 Å².